The minimum Gasteiger partial charge on any atom is -0.465 e. The van der Waals surface area contributed by atoms with Gasteiger partial charge < -0.3 is 9.64 Å². The molecule has 88 valence electrons. The first-order valence-corrected chi connectivity index (χ1v) is 5.51. The maximum Gasteiger partial charge on any atom is 0.325 e. The van der Waals surface area contributed by atoms with Crippen molar-refractivity contribution in [2.45, 2.75) is 34.1 Å². The van der Waals surface area contributed by atoms with Crippen LogP contribution in [0.25, 0.3) is 0 Å². The standard InChI is InChI=1S/C11H21NO3/c1-5-9(4)11(14)12(6-2)8-10(13)15-7-3/h9H,5-8H2,1-4H3. The molecule has 0 saturated carbocycles. The molecule has 0 aliphatic heterocycles. The average Bonchev–Trinajstić information content (AvgIpc) is 2.24. The quantitative estimate of drug-likeness (QED) is 0.630. The molecule has 0 heterocycles. The topological polar surface area (TPSA) is 46.6 Å². The molecular weight excluding hydrogens is 194 g/mol. The summed E-state index contributed by atoms with van der Waals surface area (Å²) in [5.41, 5.74) is 0. The van der Waals surface area contributed by atoms with Gasteiger partial charge in [-0.05, 0) is 20.3 Å². The molecule has 0 aromatic heterocycles. The molecule has 0 aromatic rings. The third-order valence-corrected chi connectivity index (χ3v) is 2.35. The summed E-state index contributed by atoms with van der Waals surface area (Å²) in [4.78, 5) is 24.5. The van der Waals surface area contributed by atoms with Crippen molar-refractivity contribution in [3.63, 3.8) is 0 Å². The highest BCUT2D eigenvalue weighted by molar-refractivity contribution is 5.83. The van der Waals surface area contributed by atoms with Gasteiger partial charge in [0.05, 0.1) is 6.61 Å². The van der Waals surface area contributed by atoms with Crippen LogP contribution < -0.4 is 0 Å². The van der Waals surface area contributed by atoms with Crippen molar-refractivity contribution >= 4 is 11.9 Å². The van der Waals surface area contributed by atoms with E-state index in [0.717, 1.165) is 6.42 Å². The maximum absolute atomic E-state index is 11.8. The number of hydrogen-bond donors (Lipinski definition) is 0. The Balaban J connectivity index is 4.24. The number of rotatable bonds is 6. The van der Waals surface area contributed by atoms with Gasteiger partial charge in [0, 0.05) is 12.5 Å². The molecule has 4 nitrogen and oxygen atoms in total. The minimum atomic E-state index is -0.337. The molecule has 0 radical (unpaired) electrons. The lowest BCUT2D eigenvalue weighted by Gasteiger charge is -2.22. The van der Waals surface area contributed by atoms with E-state index in [0.29, 0.717) is 13.2 Å². The first-order valence-electron chi connectivity index (χ1n) is 5.51. The van der Waals surface area contributed by atoms with Crippen molar-refractivity contribution in [1.82, 2.24) is 4.90 Å². The lowest BCUT2D eigenvalue weighted by Crippen LogP contribution is -2.39. The Labute approximate surface area is 91.6 Å². The normalized spacial score (nSPS) is 12.0. The molecule has 0 aromatic carbocycles. The van der Waals surface area contributed by atoms with Gasteiger partial charge in [-0.2, -0.15) is 0 Å². The van der Waals surface area contributed by atoms with Crippen LogP contribution in [-0.4, -0.2) is 36.5 Å². The van der Waals surface area contributed by atoms with Crippen molar-refractivity contribution in [3.05, 3.63) is 0 Å². The zero-order chi connectivity index (χ0) is 11.8. The minimum absolute atomic E-state index is 0.0213. The largest absolute Gasteiger partial charge is 0.465 e. The van der Waals surface area contributed by atoms with Gasteiger partial charge in [-0.25, -0.2) is 0 Å². The van der Waals surface area contributed by atoms with Crippen molar-refractivity contribution in [2.24, 2.45) is 5.92 Å². The predicted molar refractivity (Wildman–Crippen MR) is 58.3 cm³/mol. The molecule has 1 unspecified atom stereocenters. The first-order chi connectivity index (χ1) is 7.06. The fourth-order valence-corrected chi connectivity index (χ4v) is 1.19. The highest BCUT2D eigenvalue weighted by Crippen LogP contribution is 2.06. The van der Waals surface area contributed by atoms with Gasteiger partial charge in [-0.1, -0.05) is 13.8 Å². The molecule has 4 heteroatoms. The molecule has 0 N–H and O–H groups in total. The summed E-state index contributed by atoms with van der Waals surface area (Å²) >= 11 is 0. The average molecular weight is 215 g/mol. The van der Waals surface area contributed by atoms with Crippen molar-refractivity contribution in [3.8, 4) is 0 Å². The molecular formula is C11H21NO3. The maximum atomic E-state index is 11.8. The van der Waals surface area contributed by atoms with E-state index in [4.69, 9.17) is 4.74 Å². The van der Waals surface area contributed by atoms with Gasteiger partial charge in [0.25, 0.3) is 0 Å². The van der Waals surface area contributed by atoms with Gasteiger partial charge in [-0.15, -0.1) is 0 Å². The summed E-state index contributed by atoms with van der Waals surface area (Å²) in [6.07, 6.45) is 0.790. The Hall–Kier alpha value is -1.06. The van der Waals surface area contributed by atoms with E-state index < -0.39 is 0 Å². The fraction of sp³-hybridized carbons (Fsp3) is 0.818. The van der Waals surface area contributed by atoms with Gasteiger partial charge in [0.2, 0.25) is 5.91 Å². The monoisotopic (exact) mass is 215 g/mol. The lowest BCUT2D eigenvalue weighted by atomic mass is 10.1. The molecule has 0 spiro atoms. The van der Waals surface area contributed by atoms with Gasteiger partial charge in [0.15, 0.2) is 0 Å². The van der Waals surface area contributed by atoms with E-state index in [9.17, 15) is 9.59 Å². The Morgan fingerprint density at radius 3 is 2.27 bits per heavy atom. The summed E-state index contributed by atoms with van der Waals surface area (Å²) in [6.45, 7) is 8.41. The Morgan fingerprint density at radius 2 is 1.87 bits per heavy atom. The number of ether oxygens (including phenoxy) is 1. The highest BCUT2D eigenvalue weighted by atomic mass is 16.5. The van der Waals surface area contributed by atoms with Crippen LogP contribution in [0, 0.1) is 5.92 Å². The zero-order valence-corrected chi connectivity index (χ0v) is 10.1. The summed E-state index contributed by atoms with van der Waals surface area (Å²) < 4.78 is 4.80. The smallest absolute Gasteiger partial charge is 0.325 e. The summed E-state index contributed by atoms with van der Waals surface area (Å²) in [5, 5.41) is 0. The van der Waals surface area contributed by atoms with Crippen LogP contribution in [0.15, 0.2) is 0 Å². The molecule has 0 rings (SSSR count). The Bertz CT molecular complexity index is 216. The molecule has 1 atom stereocenters. The lowest BCUT2D eigenvalue weighted by molar-refractivity contribution is -0.150. The van der Waals surface area contributed by atoms with E-state index in [1.165, 1.54) is 4.90 Å². The van der Waals surface area contributed by atoms with Crippen LogP contribution in [0.2, 0.25) is 0 Å². The molecule has 0 fully saturated rings. The Kier molecular flexibility index (Phi) is 6.75. The third-order valence-electron chi connectivity index (χ3n) is 2.35. The fourth-order valence-electron chi connectivity index (χ4n) is 1.19. The van der Waals surface area contributed by atoms with E-state index in [1.54, 1.807) is 6.92 Å². The van der Waals surface area contributed by atoms with Crippen LogP contribution in [0.3, 0.4) is 0 Å². The summed E-state index contributed by atoms with van der Waals surface area (Å²) in [6, 6.07) is 0. The molecule has 0 bridgehead atoms. The second kappa shape index (κ2) is 7.26. The van der Waals surface area contributed by atoms with Crippen molar-refractivity contribution < 1.29 is 14.3 Å². The number of likely N-dealkylation sites (N-methyl/N-ethyl adjacent to an activating group) is 1. The summed E-state index contributed by atoms with van der Waals surface area (Å²) in [5.74, 6) is -0.344. The number of carbonyl (C=O) groups is 2. The second-order valence-electron chi connectivity index (χ2n) is 3.47. The Morgan fingerprint density at radius 1 is 1.27 bits per heavy atom. The van der Waals surface area contributed by atoms with E-state index in [2.05, 4.69) is 0 Å². The van der Waals surface area contributed by atoms with Gasteiger partial charge in [-0.3, -0.25) is 9.59 Å². The summed E-state index contributed by atoms with van der Waals surface area (Å²) in [7, 11) is 0. The van der Waals surface area contributed by atoms with Gasteiger partial charge in [0.1, 0.15) is 6.54 Å². The number of carbonyl (C=O) groups excluding carboxylic acids is 2. The number of nitrogens with zero attached hydrogens (tertiary/aromatic N) is 1. The molecule has 1 amide bonds. The van der Waals surface area contributed by atoms with Crippen LogP contribution in [-0.2, 0) is 14.3 Å². The van der Waals surface area contributed by atoms with Crippen LogP contribution in [0.5, 0.6) is 0 Å². The SMILES string of the molecule is CCOC(=O)CN(CC)C(=O)C(C)CC. The van der Waals surface area contributed by atoms with E-state index in [1.807, 2.05) is 20.8 Å². The number of amides is 1. The second-order valence-corrected chi connectivity index (χ2v) is 3.47. The van der Waals surface area contributed by atoms with E-state index >= 15 is 0 Å². The third kappa shape index (κ3) is 4.81. The van der Waals surface area contributed by atoms with Gasteiger partial charge >= 0.3 is 5.97 Å². The molecule has 0 aliphatic rings. The van der Waals surface area contributed by atoms with Crippen molar-refractivity contribution in [2.75, 3.05) is 19.7 Å². The molecule has 0 aliphatic carbocycles. The van der Waals surface area contributed by atoms with Crippen LogP contribution in [0.4, 0.5) is 0 Å². The van der Waals surface area contributed by atoms with Crippen molar-refractivity contribution in [1.29, 1.82) is 0 Å². The molecule has 0 saturated heterocycles. The molecule has 15 heavy (non-hydrogen) atoms. The van der Waals surface area contributed by atoms with Crippen LogP contribution in [0.1, 0.15) is 34.1 Å². The number of esters is 1. The van der Waals surface area contributed by atoms with E-state index in [-0.39, 0.29) is 24.3 Å². The zero-order valence-electron chi connectivity index (χ0n) is 10.1. The number of hydrogen-bond acceptors (Lipinski definition) is 3. The highest BCUT2D eigenvalue weighted by Gasteiger charge is 2.20. The predicted octanol–water partition coefficient (Wildman–Crippen LogP) is 1.44. The van der Waals surface area contributed by atoms with Crippen LogP contribution >= 0.6 is 0 Å². The first kappa shape index (κ1) is 13.9.